The molecule has 5 heteroatoms. The third kappa shape index (κ3) is 5.41. The first kappa shape index (κ1) is 21.9. The molecular formula is C25H32N2O3. The zero-order valence-electron chi connectivity index (χ0n) is 18.0. The van der Waals surface area contributed by atoms with Crippen molar-refractivity contribution in [3.8, 4) is 0 Å². The normalized spacial score (nSPS) is 14.9. The smallest absolute Gasteiger partial charge is 0.335 e. The fourth-order valence-corrected chi connectivity index (χ4v) is 4.30. The highest BCUT2D eigenvalue weighted by Gasteiger charge is 2.23. The van der Waals surface area contributed by atoms with Crippen molar-refractivity contribution < 1.29 is 14.7 Å². The Morgan fingerprint density at radius 2 is 1.77 bits per heavy atom. The lowest BCUT2D eigenvalue weighted by atomic mass is 9.95. The van der Waals surface area contributed by atoms with Gasteiger partial charge in [0, 0.05) is 18.8 Å². The predicted octanol–water partition coefficient (Wildman–Crippen LogP) is 4.88. The maximum atomic E-state index is 12.8. The van der Waals surface area contributed by atoms with E-state index in [4.69, 9.17) is 5.11 Å². The van der Waals surface area contributed by atoms with E-state index in [1.54, 1.807) is 24.3 Å². The summed E-state index contributed by atoms with van der Waals surface area (Å²) in [7, 11) is 0. The van der Waals surface area contributed by atoms with E-state index in [1.165, 1.54) is 36.1 Å². The number of amides is 1. The Kier molecular flexibility index (Phi) is 7.50. The van der Waals surface area contributed by atoms with Crippen LogP contribution in [0.1, 0.15) is 72.1 Å². The second-order valence-corrected chi connectivity index (χ2v) is 8.15. The van der Waals surface area contributed by atoms with Crippen molar-refractivity contribution in [2.75, 3.05) is 18.0 Å². The highest BCUT2D eigenvalue weighted by Crippen LogP contribution is 2.34. The van der Waals surface area contributed by atoms with Crippen LogP contribution in [-0.2, 0) is 11.2 Å². The number of carboxylic acid groups (broad SMARTS) is 1. The number of nitrogens with one attached hydrogen (secondary N) is 1. The number of piperidine rings is 1. The van der Waals surface area contributed by atoms with Crippen molar-refractivity contribution in [1.29, 1.82) is 0 Å². The number of benzene rings is 2. The molecule has 0 aromatic heterocycles. The zero-order chi connectivity index (χ0) is 21.5. The van der Waals surface area contributed by atoms with Gasteiger partial charge in [-0.1, -0.05) is 43.7 Å². The molecule has 0 saturated carbocycles. The molecule has 1 amide bonds. The first-order valence-corrected chi connectivity index (χ1v) is 11.0. The monoisotopic (exact) mass is 408 g/mol. The highest BCUT2D eigenvalue weighted by atomic mass is 16.4. The van der Waals surface area contributed by atoms with Crippen LogP contribution in [0.5, 0.6) is 0 Å². The van der Waals surface area contributed by atoms with E-state index in [2.05, 4.69) is 42.3 Å². The van der Waals surface area contributed by atoms with Gasteiger partial charge in [-0.05, 0) is 61.4 Å². The minimum Gasteiger partial charge on any atom is -0.478 e. The lowest BCUT2D eigenvalue weighted by molar-refractivity contribution is -0.121. The zero-order valence-corrected chi connectivity index (χ0v) is 18.0. The van der Waals surface area contributed by atoms with Gasteiger partial charge in [-0.2, -0.15) is 0 Å². The van der Waals surface area contributed by atoms with Crippen molar-refractivity contribution in [2.24, 2.45) is 0 Å². The Bertz CT molecular complexity index is 870. The molecule has 3 rings (SSSR count). The number of carbonyl (C=O) groups excluding carboxylic acids is 1. The molecule has 2 aromatic rings. The highest BCUT2D eigenvalue weighted by molar-refractivity contribution is 5.87. The van der Waals surface area contributed by atoms with Crippen LogP contribution >= 0.6 is 0 Å². The average Bonchev–Trinajstić information content (AvgIpc) is 2.74. The molecular weight excluding hydrogens is 376 g/mol. The van der Waals surface area contributed by atoms with Gasteiger partial charge in [-0.25, -0.2) is 4.79 Å². The number of carboxylic acids is 1. The molecule has 1 heterocycles. The Morgan fingerprint density at radius 1 is 1.07 bits per heavy atom. The fraction of sp³-hybridized carbons (Fsp3) is 0.440. The van der Waals surface area contributed by atoms with Gasteiger partial charge in [0.1, 0.15) is 0 Å². The van der Waals surface area contributed by atoms with Crippen LogP contribution in [0.2, 0.25) is 0 Å². The van der Waals surface area contributed by atoms with Crippen molar-refractivity contribution in [2.45, 2.75) is 58.4 Å². The number of hydrogen-bond acceptors (Lipinski definition) is 3. The molecule has 0 aliphatic carbocycles. The van der Waals surface area contributed by atoms with E-state index in [9.17, 15) is 9.59 Å². The molecule has 1 atom stereocenters. The second-order valence-electron chi connectivity index (χ2n) is 8.15. The summed E-state index contributed by atoms with van der Waals surface area (Å²) >= 11 is 0. The number of aryl methyl sites for hydroxylation is 1. The maximum absolute atomic E-state index is 12.8. The molecule has 5 nitrogen and oxygen atoms in total. The number of anilines is 1. The van der Waals surface area contributed by atoms with Gasteiger partial charge >= 0.3 is 5.97 Å². The van der Waals surface area contributed by atoms with Gasteiger partial charge in [-0.15, -0.1) is 0 Å². The average molecular weight is 409 g/mol. The summed E-state index contributed by atoms with van der Waals surface area (Å²) in [6, 6.07) is 12.9. The molecule has 1 saturated heterocycles. The van der Waals surface area contributed by atoms with E-state index in [-0.39, 0.29) is 23.9 Å². The van der Waals surface area contributed by atoms with Crippen LogP contribution in [0.4, 0.5) is 5.69 Å². The van der Waals surface area contributed by atoms with Gasteiger partial charge in [0.25, 0.3) is 0 Å². The van der Waals surface area contributed by atoms with Gasteiger partial charge < -0.3 is 15.3 Å². The van der Waals surface area contributed by atoms with Crippen molar-refractivity contribution in [1.82, 2.24) is 5.32 Å². The minimum atomic E-state index is -0.960. The van der Waals surface area contributed by atoms with Crippen molar-refractivity contribution in [3.63, 3.8) is 0 Å². The summed E-state index contributed by atoms with van der Waals surface area (Å²) in [5.41, 5.74) is 4.78. The lowest BCUT2D eigenvalue weighted by Crippen LogP contribution is -2.34. The molecule has 0 radical (unpaired) electrons. The second kappa shape index (κ2) is 10.3. The number of aromatic carboxylic acids is 1. The Morgan fingerprint density at radius 3 is 2.40 bits per heavy atom. The first-order valence-electron chi connectivity index (χ1n) is 11.0. The first-order chi connectivity index (χ1) is 14.5. The van der Waals surface area contributed by atoms with Crippen LogP contribution in [0, 0.1) is 6.92 Å². The van der Waals surface area contributed by atoms with Crippen LogP contribution in [-0.4, -0.2) is 30.1 Å². The third-order valence-electron chi connectivity index (χ3n) is 5.79. The van der Waals surface area contributed by atoms with Gasteiger partial charge in [0.05, 0.1) is 18.0 Å². The van der Waals surface area contributed by atoms with Crippen LogP contribution < -0.4 is 10.2 Å². The molecule has 0 bridgehead atoms. The Hall–Kier alpha value is -2.82. The summed E-state index contributed by atoms with van der Waals surface area (Å²) in [5.74, 6) is -0.999. The van der Waals surface area contributed by atoms with E-state index < -0.39 is 5.97 Å². The summed E-state index contributed by atoms with van der Waals surface area (Å²) in [6.07, 6.45) is 5.81. The van der Waals surface area contributed by atoms with Gasteiger partial charge in [0.15, 0.2) is 0 Å². The molecule has 1 unspecified atom stereocenters. The number of para-hydroxylation sites is 1. The number of hydrogen-bond donors (Lipinski definition) is 2. The standard InChI is InChI=1S/C25H32N2O3/c1-3-8-22(26-23(28)17-19-11-13-20(14-12-19)25(29)30)21-10-7-9-18(2)24(21)27-15-5-4-6-16-27/h7,9-14,22H,3-6,8,15-17H2,1-2H3,(H,26,28)(H,29,30). The van der Waals surface area contributed by atoms with Crippen LogP contribution in [0.15, 0.2) is 42.5 Å². The summed E-state index contributed by atoms with van der Waals surface area (Å²) in [6.45, 7) is 6.43. The van der Waals surface area contributed by atoms with E-state index >= 15 is 0 Å². The summed E-state index contributed by atoms with van der Waals surface area (Å²) in [5, 5.41) is 12.3. The Labute approximate surface area is 179 Å². The molecule has 30 heavy (non-hydrogen) atoms. The topological polar surface area (TPSA) is 69.6 Å². The lowest BCUT2D eigenvalue weighted by Gasteiger charge is -2.34. The quantitative estimate of drug-likeness (QED) is 0.653. The predicted molar refractivity (Wildman–Crippen MR) is 120 cm³/mol. The van der Waals surface area contributed by atoms with E-state index in [0.717, 1.165) is 31.5 Å². The van der Waals surface area contributed by atoms with Crippen LogP contribution in [0.3, 0.4) is 0 Å². The van der Waals surface area contributed by atoms with Crippen molar-refractivity contribution in [3.05, 3.63) is 64.7 Å². The molecule has 2 N–H and O–H groups in total. The largest absolute Gasteiger partial charge is 0.478 e. The minimum absolute atomic E-state index is 0.0300. The SMILES string of the molecule is CCCC(NC(=O)Cc1ccc(C(=O)O)cc1)c1cccc(C)c1N1CCCCC1. The van der Waals surface area contributed by atoms with Crippen molar-refractivity contribution >= 4 is 17.6 Å². The molecule has 1 fully saturated rings. The molecule has 1 aliphatic heterocycles. The number of carbonyl (C=O) groups is 2. The molecule has 160 valence electrons. The summed E-state index contributed by atoms with van der Waals surface area (Å²) in [4.78, 5) is 26.3. The van der Waals surface area contributed by atoms with E-state index in [0.29, 0.717) is 0 Å². The third-order valence-corrected chi connectivity index (χ3v) is 5.79. The fourth-order valence-electron chi connectivity index (χ4n) is 4.30. The van der Waals surface area contributed by atoms with Gasteiger partial charge in [-0.3, -0.25) is 4.79 Å². The number of nitrogens with zero attached hydrogens (tertiary/aromatic N) is 1. The summed E-state index contributed by atoms with van der Waals surface area (Å²) < 4.78 is 0. The van der Waals surface area contributed by atoms with E-state index in [1.807, 2.05) is 0 Å². The molecule has 2 aromatic carbocycles. The maximum Gasteiger partial charge on any atom is 0.335 e. The van der Waals surface area contributed by atoms with Crippen LogP contribution in [0.25, 0.3) is 0 Å². The Balaban J connectivity index is 1.78. The van der Waals surface area contributed by atoms with Gasteiger partial charge in [0.2, 0.25) is 5.91 Å². The molecule has 0 spiro atoms. The number of rotatable bonds is 8. The molecule has 1 aliphatic rings.